The lowest BCUT2D eigenvalue weighted by Crippen LogP contribution is -2.46. The number of urea groups is 1. The molecule has 3 N–H and O–H groups in total. The number of carboxylic acid groups (broad SMARTS) is 1. The normalized spacial score (nSPS) is 13.9. The largest absolute Gasteiger partial charge is 0.511 e. The van der Waals surface area contributed by atoms with Crippen molar-refractivity contribution in [2.24, 2.45) is 0 Å². The first-order chi connectivity index (χ1) is 23.6. The Kier molecular flexibility index (Phi) is 10.3. The van der Waals surface area contributed by atoms with E-state index in [2.05, 4.69) is 10.6 Å². The van der Waals surface area contributed by atoms with E-state index >= 15 is 4.39 Å². The molecule has 260 valence electrons. The molecule has 5 rings (SSSR count). The van der Waals surface area contributed by atoms with Crippen molar-refractivity contribution in [1.29, 1.82) is 0 Å². The van der Waals surface area contributed by atoms with Crippen molar-refractivity contribution in [2.75, 3.05) is 17.3 Å². The molecule has 0 fully saturated rings. The quantitative estimate of drug-likeness (QED) is 0.0934. The van der Waals surface area contributed by atoms with Gasteiger partial charge in [-0.1, -0.05) is 29.8 Å². The Labute approximate surface area is 288 Å². The van der Waals surface area contributed by atoms with Gasteiger partial charge < -0.3 is 25.4 Å². The molecule has 0 aliphatic carbocycles. The minimum Gasteiger partial charge on any atom is -0.449 e. The van der Waals surface area contributed by atoms with E-state index in [1.54, 1.807) is 37.3 Å². The molecule has 0 bridgehead atoms. The zero-order valence-electron chi connectivity index (χ0n) is 26.7. The third-order valence-corrected chi connectivity index (χ3v) is 8.61. The third-order valence-electron chi connectivity index (χ3n) is 8.19. The molecule has 0 radical (unpaired) electrons. The van der Waals surface area contributed by atoms with E-state index in [4.69, 9.17) is 16.3 Å². The molecule has 0 saturated carbocycles. The Bertz CT molecular complexity index is 2000. The van der Waals surface area contributed by atoms with Crippen molar-refractivity contribution in [3.05, 3.63) is 122 Å². The Hall–Kier alpha value is -5.63. The predicted octanol–water partition coefficient (Wildman–Crippen LogP) is 7.57. The number of carbonyl (C=O) groups excluding carboxylic acids is 3. The number of rotatable bonds is 9. The summed E-state index contributed by atoms with van der Waals surface area (Å²) in [5, 5.41) is 14.0. The summed E-state index contributed by atoms with van der Waals surface area (Å²) >= 11 is 6.51. The van der Waals surface area contributed by atoms with E-state index in [9.17, 15) is 37.5 Å². The molecule has 4 amide bonds. The van der Waals surface area contributed by atoms with Gasteiger partial charge in [-0.15, -0.1) is 0 Å². The molecule has 1 atom stereocenters. The van der Waals surface area contributed by atoms with E-state index in [1.807, 2.05) is 0 Å². The average molecular weight is 713 g/mol. The first-order valence-corrected chi connectivity index (χ1v) is 15.4. The molecule has 1 aliphatic rings. The zero-order chi connectivity index (χ0) is 36.4. The van der Waals surface area contributed by atoms with Crippen molar-refractivity contribution in [3.8, 4) is 5.75 Å². The highest BCUT2D eigenvalue weighted by Crippen LogP contribution is 2.40. The summed E-state index contributed by atoms with van der Waals surface area (Å²) in [5.74, 6) is -5.75. The van der Waals surface area contributed by atoms with Crippen LogP contribution in [0.5, 0.6) is 5.75 Å². The third kappa shape index (κ3) is 7.49. The first-order valence-electron chi connectivity index (χ1n) is 15.0. The summed E-state index contributed by atoms with van der Waals surface area (Å²) in [6.45, 7) is 1.96. The minimum atomic E-state index is -1.71. The lowest BCUT2D eigenvalue weighted by molar-refractivity contribution is -0.114. The maximum Gasteiger partial charge on any atom is 0.511 e. The number of nitrogens with one attached hydrogen (secondary N) is 2. The van der Waals surface area contributed by atoms with Gasteiger partial charge >= 0.3 is 12.2 Å². The Balaban J connectivity index is 1.50. The number of hydrogen-bond donors (Lipinski definition) is 3. The number of carbonyl (C=O) groups is 4. The van der Waals surface area contributed by atoms with Gasteiger partial charge in [-0.25, -0.2) is 27.2 Å². The number of halogens is 5. The summed E-state index contributed by atoms with van der Waals surface area (Å²) in [6.07, 6.45) is -1.76. The van der Waals surface area contributed by atoms with Crippen LogP contribution in [0.3, 0.4) is 0 Å². The second kappa shape index (κ2) is 14.5. The molecule has 1 heterocycles. The van der Waals surface area contributed by atoms with Gasteiger partial charge in [-0.05, 0) is 53.9 Å². The number of ether oxygens (including phenoxy) is 1. The first kappa shape index (κ1) is 35.7. The van der Waals surface area contributed by atoms with Gasteiger partial charge in [-0.2, -0.15) is 0 Å². The van der Waals surface area contributed by atoms with Gasteiger partial charge in [0.05, 0.1) is 23.3 Å². The maximum atomic E-state index is 16.3. The number of fused-ring (bicyclic) bond motifs is 1. The topological polar surface area (TPSA) is 128 Å². The van der Waals surface area contributed by atoms with Crippen LogP contribution >= 0.6 is 11.6 Å². The molecule has 10 nitrogen and oxygen atoms in total. The summed E-state index contributed by atoms with van der Waals surface area (Å²) in [6, 6.07) is 11.9. The molecule has 4 aromatic rings. The van der Waals surface area contributed by atoms with Crippen LogP contribution in [0.1, 0.15) is 58.1 Å². The lowest BCUT2D eigenvalue weighted by Gasteiger charge is -2.40. The number of anilines is 2. The van der Waals surface area contributed by atoms with Crippen molar-refractivity contribution in [3.63, 3.8) is 0 Å². The summed E-state index contributed by atoms with van der Waals surface area (Å²) in [7, 11) is 1.52. The van der Waals surface area contributed by atoms with E-state index in [-0.39, 0.29) is 40.5 Å². The van der Waals surface area contributed by atoms with E-state index < -0.39 is 71.1 Å². The van der Waals surface area contributed by atoms with Crippen LogP contribution in [-0.2, 0) is 24.3 Å². The summed E-state index contributed by atoms with van der Waals surface area (Å²) < 4.78 is 62.9. The van der Waals surface area contributed by atoms with Crippen LogP contribution in [-0.4, -0.2) is 41.1 Å². The number of amides is 4. The zero-order valence-corrected chi connectivity index (χ0v) is 27.5. The van der Waals surface area contributed by atoms with Crippen LogP contribution in [0.2, 0.25) is 5.02 Å². The van der Waals surface area contributed by atoms with Crippen molar-refractivity contribution >= 4 is 47.0 Å². The number of nitrogens with zero attached hydrogens (tertiary/aromatic N) is 2. The van der Waals surface area contributed by atoms with Gasteiger partial charge in [-0.3, -0.25) is 14.5 Å². The van der Waals surface area contributed by atoms with Gasteiger partial charge in [0.1, 0.15) is 23.3 Å². The number of hydrogen-bond acceptors (Lipinski definition) is 5. The maximum absolute atomic E-state index is 16.3. The second-order valence-corrected chi connectivity index (χ2v) is 11.9. The predicted molar refractivity (Wildman–Crippen MR) is 175 cm³/mol. The van der Waals surface area contributed by atoms with Crippen LogP contribution in [0.25, 0.3) is 0 Å². The molecule has 0 aromatic heterocycles. The van der Waals surface area contributed by atoms with Crippen LogP contribution in [0.4, 0.5) is 38.5 Å². The van der Waals surface area contributed by atoms with Gasteiger partial charge in [0, 0.05) is 61.4 Å². The van der Waals surface area contributed by atoms with Crippen molar-refractivity contribution in [2.45, 2.75) is 39.4 Å². The van der Waals surface area contributed by atoms with Crippen molar-refractivity contribution in [1.82, 2.24) is 10.2 Å². The average Bonchev–Trinajstić information content (AvgIpc) is 3.05. The number of benzene rings is 4. The van der Waals surface area contributed by atoms with Crippen LogP contribution in [0, 0.1) is 23.3 Å². The van der Waals surface area contributed by atoms with Crippen LogP contribution < -0.4 is 20.3 Å². The van der Waals surface area contributed by atoms with Gasteiger partial charge in [0.2, 0.25) is 5.91 Å². The molecule has 0 unspecified atom stereocenters. The Morgan fingerprint density at radius 1 is 0.960 bits per heavy atom. The molecule has 0 saturated heterocycles. The highest BCUT2D eigenvalue weighted by atomic mass is 35.5. The molecule has 15 heteroatoms. The SMILES string of the molecule is CC(=O)Nc1ccc(Cc2cc(OC(=O)O)c(Cl)c(CN3C(=O)N(C)[C@@H](C)c4ccc(C(=O)NCc5c(F)cc(F)cc5F)cc43)c2F)cc1. The van der Waals surface area contributed by atoms with E-state index in [0.717, 1.165) is 11.0 Å². The van der Waals surface area contributed by atoms with Gasteiger partial charge in [0.15, 0.2) is 5.75 Å². The van der Waals surface area contributed by atoms with E-state index in [1.165, 1.54) is 31.0 Å². The second-order valence-electron chi connectivity index (χ2n) is 11.5. The minimum absolute atomic E-state index is 0.00674. The monoisotopic (exact) mass is 712 g/mol. The smallest absolute Gasteiger partial charge is 0.449 e. The lowest BCUT2D eigenvalue weighted by atomic mass is 9.97. The fourth-order valence-electron chi connectivity index (χ4n) is 5.55. The van der Waals surface area contributed by atoms with Gasteiger partial charge in [0.25, 0.3) is 5.91 Å². The highest BCUT2D eigenvalue weighted by Gasteiger charge is 2.35. The fraction of sp³-hybridized carbons (Fsp3) is 0.200. The molecule has 1 aliphatic heterocycles. The Morgan fingerprint density at radius 2 is 1.62 bits per heavy atom. The summed E-state index contributed by atoms with van der Waals surface area (Å²) in [4.78, 5) is 52.2. The highest BCUT2D eigenvalue weighted by molar-refractivity contribution is 6.33. The van der Waals surface area contributed by atoms with Crippen molar-refractivity contribution < 1.29 is 46.6 Å². The molecular formula is C35H29ClF4N4O6. The fourth-order valence-corrected chi connectivity index (χ4v) is 5.79. The van der Waals surface area contributed by atoms with Crippen LogP contribution in [0.15, 0.2) is 60.7 Å². The van der Waals surface area contributed by atoms with E-state index in [0.29, 0.717) is 28.9 Å². The summed E-state index contributed by atoms with van der Waals surface area (Å²) in [5.41, 5.74) is 1.02. The molecule has 0 spiro atoms. The molecular weight excluding hydrogens is 684 g/mol. The molecule has 4 aromatic carbocycles. The standard InChI is InChI=1S/C35H29ClF4N4O6/c1-17-24-9-6-20(33(46)41-15-25-27(38)13-22(37)14-28(25)39)11-29(24)44(34(47)43(17)3)16-26-31(36)30(50-35(48)49)12-21(32(26)40)10-19-4-7-23(8-5-19)42-18(2)45/h4-9,11-14,17H,10,15-16H2,1-3H3,(H,41,46)(H,42,45)(H,48,49)/t17-/m0/s1. The molecule has 50 heavy (non-hydrogen) atoms. The Morgan fingerprint density at radius 3 is 2.24 bits per heavy atom.